The molecule has 0 amide bonds. The Kier molecular flexibility index (Phi) is 304. The van der Waals surface area contributed by atoms with Crippen molar-refractivity contribution < 1.29 is 56.8 Å². The van der Waals surface area contributed by atoms with Crippen molar-refractivity contribution in [2.75, 3.05) is 0 Å². The second kappa shape index (κ2) is 24.5. The van der Waals surface area contributed by atoms with Crippen molar-refractivity contribution in [2.45, 2.75) is 0 Å². The molecular weight excluding hydrogens is 182 g/mol. The summed E-state index contributed by atoms with van der Waals surface area (Å²) in [6.07, 6.45) is 0. The fourth-order valence-electron chi connectivity index (χ4n) is 0. The number of halogens is 1. The van der Waals surface area contributed by atoms with Crippen LogP contribution in [0.5, 0.6) is 0 Å². The van der Waals surface area contributed by atoms with Crippen LogP contribution >= 0.6 is 0 Å². The molecule has 0 fully saturated rings. The summed E-state index contributed by atoms with van der Waals surface area (Å²) in [5, 5.41) is 0. The molecule has 0 aliphatic rings. The average molecular weight is 183 g/mol. The summed E-state index contributed by atoms with van der Waals surface area (Å²) in [6.45, 7) is 0. The molecule has 0 heterocycles. The van der Waals surface area contributed by atoms with Crippen LogP contribution in [-0.2, 0) is 39.0 Å². The molecule has 0 spiro atoms. The van der Waals surface area contributed by atoms with E-state index in [1.54, 1.807) is 0 Å². The summed E-state index contributed by atoms with van der Waals surface area (Å²) in [7, 11) is 0. The van der Waals surface area contributed by atoms with Gasteiger partial charge in [-0.05, 0) is 0 Å². The minimum absolute atomic E-state index is 0. The van der Waals surface area contributed by atoms with Gasteiger partial charge in [-0.1, -0.05) is 0 Å². The summed E-state index contributed by atoms with van der Waals surface area (Å²) < 4.78 is 0. The number of hydrogen-bond donors (Lipinski definition) is 0. The van der Waals surface area contributed by atoms with Gasteiger partial charge in [-0.15, -0.1) is 0 Å². The van der Waals surface area contributed by atoms with E-state index >= 15 is 0 Å². The Labute approximate surface area is 56.8 Å². The Balaban J connectivity index is 0. The van der Waals surface area contributed by atoms with Gasteiger partial charge in [0.15, 0.2) is 0 Å². The zero-order valence-corrected chi connectivity index (χ0v) is 8.93. The smallest absolute Gasteiger partial charge is 1.00 e. The molecule has 1 N–H and O–H groups in total. The zero-order valence-electron chi connectivity index (χ0n) is 2.24. The molecule has 0 aromatic rings. The van der Waals surface area contributed by atoms with Gasteiger partial charge in [0.25, 0.3) is 0 Å². The first-order valence-corrected chi connectivity index (χ1v) is 0. The molecule has 0 aromatic carbocycles. The van der Waals surface area contributed by atoms with Crippen LogP contribution in [0.4, 0.5) is 0 Å². The topological polar surface area (TPSA) is 30.0 Å². The van der Waals surface area contributed by atoms with E-state index in [1.165, 1.54) is 0 Å². The molecule has 0 rings (SSSR count). The third kappa shape index (κ3) is 9.73. The molecule has 0 radical (unpaired) electrons. The maximum absolute atomic E-state index is 0. The quantitative estimate of drug-likeness (QED) is 0.364. The van der Waals surface area contributed by atoms with E-state index in [0.717, 1.165) is 0 Å². The first-order chi connectivity index (χ1) is 0. The van der Waals surface area contributed by atoms with E-state index in [2.05, 4.69) is 0 Å². The van der Waals surface area contributed by atoms with Crippen LogP contribution in [0.15, 0.2) is 0 Å². The summed E-state index contributed by atoms with van der Waals surface area (Å²) in [4.78, 5) is 0. The van der Waals surface area contributed by atoms with Gasteiger partial charge in [0.2, 0.25) is 0 Å². The van der Waals surface area contributed by atoms with E-state index in [0.29, 0.717) is 0 Å². The van der Waals surface area contributed by atoms with Crippen molar-refractivity contribution in [1.29, 1.82) is 0 Å². The molecule has 4 heteroatoms. The fourth-order valence-corrected chi connectivity index (χ4v) is 0. The van der Waals surface area contributed by atoms with Crippen LogP contribution in [0, 0.1) is 0 Å². The van der Waals surface area contributed by atoms with Crippen molar-refractivity contribution in [3.8, 4) is 0 Å². The summed E-state index contributed by atoms with van der Waals surface area (Å²) in [5.74, 6) is 0. The third-order valence-electron chi connectivity index (χ3n) is 0. The second-order valence-corrected chi connectivity index (χ2v) is 0. The minimum Gasteiger partial charge on any atom is -1.00 e. The maximum Gasteiger partial charge on any atom is 2.00 e. The van der Waals surface area contributed by atoms with Crippen LogP contribution in [0.1, 0.15) is 0 Å². The Morgan fingerprint density at radius 3 is 0.750 bits per heavy atom. The van der Waals surface area contributed by atoms with Gasteiger partial charge in [0, 0.05) is 0 Å². The molecule has 0 saturated heterocycles. The largest absolute Gasteiger partial charge is 2.00 e. The van der Waals surface area contributed by atoms with Crippen LogP contribution in [0.25, 0.3) is 0 Å². The third-order valence-corrected chi connectivity index (χ3v) is 0. The number of rotatable bonds is 0. The van der Waals surface area contributed by atoms with Crippen molar-refractivity contribution in [1.82, 2.24) is 0 Å². The monoisotopic (exact) mass is 180 g/mol. The second-order valence-electron chi connectivity index (χ2n) is 0. The molecule has 0 aromatic heterocycles. The summed E-state index contributed by atoms with van der Waals surface area (Å²) in [5.41, 5.74) is 0. The van der Waals surface area contributed by atoms with Crippen LogP contribution in [0.3, 0.4) is 0 Å². The van der Waals surface area contributed by atoms with Crippen LogP contribution in [-0.4, -0.2) is 5.48 Å². The van der Waals surface area contributed by atoms with Gasteiger partial charge in [0.05, 0.1) is 0 Å². The Morgan fingerprint density at radius 1 is 0.750 bits per heavy atom. The Hall–Kier alpha value is 1.50. The van der Waals surface area contributed by atoms with Gasteiger partial charge in [0.1, 0.15) is 0 Å². The molecule has 0 aliphatic heterocycles. The Bertz CT molecular complexity index is 6.00. The van der Waals surface area contributed by atoms with Gasteiger partial charge in [-0.2, -0.15) is 0 Å². The van der Waals surface area contributed by atoms with E-state index < -0.39 is 0 Å². The van der Waals surface area contributed by atoms with Gasteiger partial charge >= 0.3 is 39.0 Å². The van der Waals surface area contributed by atoms with E-state index in [4.69, 9.17) is 0 Å². The molecule has 0 atom stereocenters. The van der Waals surface area contributed by atoms with Gasteiger partial charge in [-0.25, -0.2) is 0 Å². The molecule has 4 heavy (non-hydrogen) atoms. The first kappa shape index (κ1) is 49.6. The SMILES string of the molecule is [Cl-].[OH-].[Zn+2].[Zn+2]. The normalized spacial score (nSPS) is 0. The van der Waals surface area contributed by atoms with Crippen molar-refractivity contribution in [2.24, 2.45) is 0 Å². The summed E-state index contributed by atoms with van der Waals surface area (Å²) in [6, 6.07) is 0. The molecule has 0 saturated carbocycles. The van der Waals surface area contributed by atoms with E-state index in [-0.39, 0.29) is 56.8 Å². The molecule has 0 bridgehead atoms. The van der Waals surface area contributed by atoms with Crippen LogP contribution < -0.4 is 12.4 Å². The van der Waals surface area contributed by atoms with Gasteiger partial charge in [-0.3, -0.25) is 0 Å². The summed E-state index contributed by atoms with van der Waals surface area (Å²) >= 11 is 0. The van der Waals surface area contributed by atoms with Crippen LogP contribution in [0.2, 0.25) is 0 Å². The average Bonchev–Trinajstić information content (AvgIpc) is 0. The fraction of sp³-hybridized carbons (Fsp3) is 0. The van der Waals surface area contributed by atoms with Crippen molar-refractivity contribution >= 4 is 0 Å². The Morgan fingerprint density at radius 2 is 0.750 bits per heavy atom. The minimum atomic E-state index is 0. The van der Waals surface area contributed by atoms with E-state index in [9.17, 15) is 0 Å². The standard InChI is InChI=1S/ClH.H2O.2Zn/h1H;1H2;;/q;;2*+2/p-2. The maximum atomic E-state index is 0. The molecule has 0 unspecified atom stereocenters. The molecule has 16 valence electrons. The van der Waals surface area contributed by atoms with E-state index in [1.807, 2.05) is 0 Å². The number of hydrogen-bond acceptors (Lipinski definition) is 1. The van der Waals surface area contributed by atoms with Crippen molar-refractivity contribution in [3.05, 3.63) is 0 Å². The van der Waals surface area contributed by atoms with Gasteiger partial charge < -0.3 is 17.9 Å². The van der Waals surface area contributed by atoms with Crippen molar-refractivity contribution in [3.63, 3.8) is 0 Å². The predicted octanol–water partition coefficient (Wildman–Crippen LogP) is -3.18. The first-order valence-electron chi connectivity index (χ1n) is 0. The molecule has 0 aliphatic carbocycles. The predicted molar refractivity (Wildman–Crippen MR) is 1.94 cm³/mol. The molecule has 1 nitrogen and oxygen atoms in total. The molecular formula is HClOZn2+2. The zero-order chi connectivity index (χ0) is 0.